The van der Waals surface area contributed by atoms with Crippen LogP contribution in [0.2, 0.25) is 0 Å². The molecule has 1 aliphatic rings. The smallest absolute Gasteiger partial charge is 0.144 e. The third-order valence-corrected chi connectivity index (χ3v) is 3.70. The number of rotatable bonds is 4. The number of hydrogen-bond donors (Lipinski definition) is 1. The molecule has 1 fully saturated rings. The zero-order chi connectivity index (χ0) is 13.2. The molecule has 0 saturated carbocycles. The molecule has 0 bridgehead atoms. The Hall–Kier alpha value is -1.38. The van der Waals surface area contributed by atoms with Crippen LogP contribution in [0.5, 0.6) is 5.75 Å². The highest BCUT2D eigenvalue weighted by molar-refractivity contribution is 5.75. The summed E-state index contributed by atoms with van der Waals surface area (Å²) < 4.78 is 5.70. The first kappa shape index (κ1) is 13.1. The van der Waals surface area contributed by atoms with Crippen molar-refractivity contribution in [1.29, 1.82) is 0 Å². The van der Waals surface area contributed by atoms with Gasteiger partial charge in [-0.3, -0.25) is 0 Å². The molecule has 18 heavy (non-hydrogen) atoms. The highest BCUT2D eigenvalue weighted by atomic mass is 16.5. The van der Waals surface area contributed by atoms with E-state index in [1.807, 2.05) is 12.1 Å². The average Bonchev–Trinajstić information content (AvgIpc) is 2.68. The zero-order valence-electron chi connectivity index (χ0n) is 11.7. The molecule has 1 aromatic rings. The van der Waals surface area contributed by atoms with Crippen LogP contribution in [0, 0.1) is 0 Å². The average molecular weight is 248 g/mol. The van der Waals surface area contributed by atoms with Crippen LogP contribution in [0.25, 0.3) is 0 Å². The molecular formula is C15H24N2O. The normalized spacial score (nSPS) is 18.1. The van der Waals surface area contributed by atoms with Crippen molar-refractivity contribution in [3.05, 3.63) is 18.2 Å². The van der Waals surface area contributed by atoms with Gasteiger partial charge in [-0.25, -0.2) is 0 Å². The van der Waals surface area contributed by atoms with Crippen molar-refractivity contribution in [2.45, 2.75) is 45.6 Å². The summed E-state index contributed by atoms with van der Waals surface area (Å²) in [6.45, 7) is 8.45. The van der Waals surface area contributed by atoms with Crippen molar-refractivity contribution in [1.82, 2.24) is 0 Å². The van der Waals surface area contributed by atoms with Crippen LogP contribution in [0.15, 0.2) is 18.2 Å². The van der Waals surface area contributed by atoms with Crippen molar-refractivity contribution in [2.75, 3.05) is 23.8 Å². The molecule has 0 radical (unpaired) electrons. The van der Waals surface area contributed by atoms with E-state index in [2.05, 4.69) is 31.7 Å². The Morgan fingerprint density at radius 2 is 2.17 bits per heavy atom. The highest BCUT2D eigenvalue weighted by Crippen LogP contribution is 2.40. The number of benzene rings is 1. The second-order valence-electron chi connectivity index (χ2n) is 5.61. The van der Waals surface area contributed by atoms with Crippen LogP contribution in [0.4, 0.5) is 11.4 Å². The molecule has 1 saturated heterocycles. The van der Waals surface area contributed by atoms with Gasteiger partial charge in [0.05, 0.1) is 18.0 Å². The molecular weight excluding hydrogens is 224 g/mol. The first-order chi connectivity index (χ1) is 8.56. The second kappa shape index (κ2) is 5.09. The molecule has 0 amide bonds. The van der Waals surface area contributed by atoms with Crippen molar-refractivity contribution >= 4 is 11.4 Å². The maximum atomic E-state index is 6.26. The number of anilines is 2. The molecule has 0 aromatic heterocycles. The Labute approximate surface area is 110 Å². The Bertz CT molecular complexity index is 415. The van der Waals surface area contributed by atoms with Crippen molar-refractivity contribution < 1.29 is 4.74 Å². The van der Waals surface area contributed by atoms with E-state index in [0.29, 0.717) is 0 Å². The molecule has 0 atom stereocenters. The predicted molar refractivity (Wildman–Crippen MR) is 77.3 cm³/mol. The molecule has 2 N–H and O–H groups in total. The van der Waals surface area contributed by atoms with Crippen LogP contribution >= 0.6 is 0 Å². The molecule has 1 heterocycles. The number of para-hydroxylation sites is 1. The minimum Gasteiger partial charge on any atom is -0.491 e. The Morgan fingerprint density at radius 1 is 1.39 bits per heavy atom. The van der Waals surface area contributed by atoms with E-state index in [1.54, 1.807) is 0 Å². The molecule has 0 aliphatic carbocycles. The van der Waals surface area contributed by atoms with Crippen molar-refractivity contribution in [2.24, 2.45) is 0 Å². The zero-order valence-corrected chi connectivity index (χ0v) is 11.7. The lowest BCUT2D eigenvalue weighted by Crippen LogP contribution is -2.38. The van der Waals surface area contributed by atoms with E-state index in [1.165, 1.54) is 12.8 Å². The van der Waals surface area contributed by atoms with Gasteiger partial charge >= 0.3 is 0 Å². The van der Waals surface area contributed by atoms with Gasteiger partial charge in [0.2, 0.25) is 0 Å². The summed E-state index contributed by atoms with van der Waals surface area (Å²) in [5.74, 6) is 0.817. The standard InChI is InChI=1S/C15H24N2O/c1-4-11-18-13-8-5-7-12(14(13)16)17-10-6-9-15(17,2)3/h5,7-8H,4,6,9-11,16H2,1-3H3. The van der Waals surface area contributed by atoms with E-state index in [9.17, 15) is 0 Å². The molecule has 1 aliphatic heterocycles. The van der Waals surface area contributed by atoms with Gasteiger partial charge in [0.15, 0.2) is 0 Å². The summed E-state index contributed by atoms with van der Waals surface area (Å²) in [5, 5.41) is 0. The summed E-state index contributed by atoms with van der Waals surface area (Å²) in [6.07, 6.45) is 3.44. The fraction of sp³-hybridized carbons (Fsp3) is 0.600. The maximum Gasteiger partial charge on any atom is 0.144 e. The fourth-order valence-electron chi connectivity index (χ4n) is 2.66. The number of ether oxygens (including phenoxy) is 1. The molecule has 3 nitrogen and oxygen atoms in total. The Kier molecular flexibility index (Phi) is 3.69. The topological polar surface area (TPSA) is 38.5 Å². The van der Waals surface area contributed by atoms with Crippen molar-refractivity contribution in [3.8, 4) is 5.75 Å². The molecule has 2 rings (SSSR count). The lowest BCUT2D eigenvalue weighted by molar-refractivity contribution is 0.319. The maximum absolute atomic E-state index is 6.26. The minimum absolute atomic E-state index is 0.192. The summed E-state index contributed by atoms with van der Waals surface area (Å²) in [5.41, 5.74) is 8.35. The van der Waals surface area contributed by atoms with E-state index in [4.69, 9.17) is 10.5 Å². The highest BCUT2D eigenvalue weighted by Gasteiger charge is 2.33. The Balaban J connectivity index is 2.28. The Morgan fingerprint density at radius 3 is 2.78 bits per heavy atom. The number of nitrogens with two attached hydrogens (primary N) is 1. The van der Waals surface area contributed by atoms with E-state index >= 15 is 0 Å². The first-order valence-electron chi connectivity index (χ1n) is 6.85. The minimum atomic E-state index is 0.192. The fourth-order valence-corrected chi connectivity index (χ4v) is 2.66. The number of hydrogen-bond acceptors (Lipinski definition) is 3. The van der Waals surface area contributed by atoms with Gasteiger partial charge in [0.25, 0.3) is 0 Å². The molecule has 100 valence electrons. The van der Waals surface area contributed by atoms with E-state index in [0.717, 1.165) is 36.7 Å². The van der Waals surface area contributed by atoms with E-state index < -0.39 is 0 Å². The van der Waals surface area contributed by atoms with Gasteiger partial charge in [-0.15, -0.1) is 0 Å². The molecule has 0 spiro atoms. The van der Waals surface area contributed by atoms with Gasteiger partial charge in [-0.2, -0.15) is 0 Å². The predicted octanol–water partition coefficient (Wildman–Crippen LogP) is 3.44. The number of nitrogens with zero attached hydrogens (tertiary/aromatic N) is 1. The lowest BCUT2D eigenvalue weighted by Gasteiger charge is -2.34. The van der Waals surface area contributed by atoms with Crippen molar-refractivity contribution in [3.63, 3.8) is 0 Å². The lowest BCUT2D eigenvalue weighted by atomic mass is 10.0. The van der Waals surface area contributed by atoms with Crippen LogP contribution in [-0.4, -0.2) is 18.7 Å². The monoisotopic (exact) mass is 248 g/mol. The van der Waals surface area contributed by atoms with Crippen LogP contribution in [-0.2, 0) is 0 Å². The van der Waals surface area contributed by atoms with Gasteiger partial charge < -0.3 is 15.4 Å². The quantitative estimate of drug-likeness (QED) is 0.830. The van der Waals surface area contributed by atoms with Gasteiger partial charge in [0.1, 0.15) is 5.75 Å². The summed E-state index contributed by atoms with van der Waals surface area (Å²) in [4.78, 5) is 2.40. The van der Waals surface area contributed by atoms with Gasteiger partial charge in [-0.05, 0) is 45.2 Å². The van der Waals surface area contributed by atoms with Gasteiger partial charge in [-0.1, -0.05) is 13.0 Å². The van der Waals surface area contributed by atoms with Crippen LogP contribution in [0.1, 0.15) is 40.0 Å². The summed E-state index contributed by atoms with van der Waals surface area (Å²) >= 11 is 0. The summed E-state index contributed by atoms with van der Waals surface area (Å²) in [6, 6.07) is 6.09. The summed E-state index contributed by atoms with van der Waals surface area (Å²) in [7, 11) is 0. The molecule has 3 heteroatoms. The first-order valence-corrected chi connectivity index (χ1v) is 6.85. The van der Waals surface area contributed by atoms with Crippen LogP contribution in [0.3, 0.4) is 0 Å². The second-order valence-corrected chi connectivity index (χ2v) is 5.61. The molecule has 1 aromatic carbocycles. The SMILES string of the molecule is CCCOc1cccc(N2CCCC2(C)C)c1N. The number of nitrogen functional groups attached to an aromatic ring is 1. The molecule has 0 unspecified atom stereocenters. The third kappa shape index (κ3) is 2.40. The van der Waals surface area contributed by atoms with Gasteiger partial charge in [0, 0.05) is 12.1 Å². The van der Waals surface area contributed by atoms with E-state index in [-0.39, 0.29) is 5.54 Å². The third-order valence-electron chi connectivity index (χ3n) is 3.70. The largest absolute Gasteiger partial charge is 0.491 e. The van der Waals surface area contributed by atoms with Crippen LogP contribution < -0.4 is 15.4 Å².